The second-order valence-corrected chi connectivity index (χ2v) is 6.59. The number of hydrogen-bond acceptors (Lipinski definition) is 5. The number of nitrogens with one attached hydrogen (secondary N) is 1. The molecule has 1 aromatic carbocycles. The molecule has 3 aromatic rings. The Balaban J connectivity index is 1.77. The molecule has 0 aliphatic rings. The Morgan fingerprint density at radius 2 is 2.04 bits per heavy atom. The zero-order chi connectivity index (χ0) is 17.3. The van der Waals surface area contributed by atoms with Gasteiger partial charge in [0.1, 0.15) is 0 Å². The molecule has 3 rings (SSSR count). The third-order valence-electron chi connectivity index (χ3n) is 3.91. The normalized spacial score (nSPS) is 11.8. The predicted molar refractivity (Wildman–Crippen MR) is 92.9 cm³/mol. The first-order valence-corrected chi connectivity index (χ1v) is 8.06. The van der Waals surface area contributed by atoms with Crippen molar-refractivity contribution in [2.24, 2.45) is 0 Å². The van der Waals surface area contributed by atoms with Gasteiger partial charge in [-0.2, -0.15) is 4.98 Å². The van der Waals surface area contributed by atoms with E-state index in [0.717, 1.165) is 22.0 Å². The Hall–Kier alpha value is -2.47. The predicted octanol–water partition coefficient (Wildman–Crippen LogP) is 2.97. The average Bonchev–Trinajstić information content (AvgIpc) is 2.97. The smallest absolute Gasteiger partial charge is 0.252 e. The summed E-state index contributed by atoms with van der Waals surface area (Å²) in [4.78, 5) is 21.6. The highest BCUT2D eigenvalue weighted by Crippen LogP contribution is 2.15. The molecule has 0 bridgehead atoms. The second kappa shape index (κ2) is 6.57. The minimum atomic E-state index is -0.0593. The molecule has 2 heterocycles. The molecular weight excluding hydrogens is 304 g/mol. The molecule has 0 radical (unpaired) electrons. The number of benzene rings is 1. The summed E-state index contributed by atoms with van der Waals surface area (Å²) in [7, 11) is 1.93. The molecule has 1 N–H and O–H groups in total. The Labute approximate surface area is 140 Å². The first-order valence-electron chi connectivity index (χ1n) is 8.06. The molecule has 0 fully saturated rings. The van der Waals surface area contributed by atoms with Gasteiger partial charge in [0.05, 0.1) is 6.54 Å². The van der Waals surface area contributed by atoms with Gasteiger partial charge >= 0.3 is 0 Å². The van der Waals surface area contributed by atoms with Gasteiger partial charge in [-0.3, -0.25) is 9.69 Å². The number of pyridine rings is 1. The number of hydrogen-bond donors (Lipinski definition) is 1. The number of aromatic nitrogens is 3. The third-order valence-corrected chi connectivity index (χ3v) is 3.91. The summed E-state index contributed by atoms with van der Waals surface area (Å²) >= 11 is 0. The standard InChI is InChI=1S/C18H22N4O2/c1-11(2)18-20-16(21-24-18)10-22(4)9-14-8-13-6-5-12(3)7-15(13)19-17(14)23/h5-8,11H,9-10H2,1-4H3,(H,19,23). The maximum absolute atomic E-state index is 12.3. The van der Waals surface area contributed by atoms with Gasteiger partial charge in [0.25, 0.3) is 5.56 Å². The van der Waals surface area contributed by atoms with Crippen LogP contribution in [-0.2, 0) is 13.1 Å². The van der Waals surface area contributed by atoms with Crippen molar-refractivity contribution in [1.82, 2.24) is 20.0 Å². The summed E-state index contributed by atoms with van der Waals surface area (Å²) in [6.07, 6.45) is 0. The molecule has 2 aromatic heterocycles. The number of aryl methyl sites for hydroxylation is 1. The third kappa shape index (κ3) is 3.54. The van der Waals surface area contributed by atoms with Crippen molar-refractivity contribution in [3.05, 3.63) is 57.5 Å². The molecular formula is C18H22N4O2. The molecule has 0 saturated carbocycles. The molecule has 0 spiro atoms. The highest BCUT2D eigenvalue weighted by Gasteiger charge is 2.13. The van der Waals surface area contributed by atoms with Crippen LogP contribution >= 0.6 is 0 Å². The van der Waals surface area contributed by atoms with E-state index < -0.39 is 0 Å². The molecule has 0 aliphatic heterocycles. The lowest BCUT2D eigenvalue weighted by Gasteiger charge is -2.14. The quantitative estimate of drug-likeness (QED) is 0.780. The number of aromatic amines is 1. The van der Waals surface area contributed by atoms with Gasteiger partial charge < -0.3 is 9.51 Å². The largest absolute Gasteiger partial charge is 0.339 e. The molecule has 126 valence electrons. The van der Waals surface area contributed by atoms with E-state index in [0.29, 0.717) is 24.8 Å². The molecule has 0 saturated heterocycles. The van der Waals surface area contributed by atoms with Gasteiger partial charge in [-0.25, -0.2) is 0 Å². The number of nitrogens with zero attached hydrogens (tertiary/aromatic N) is 3. The summed E-state index contributed by atoms with van der Waals surface area (Å²) in [6.45, 7) is 7.08. The maximum atomic E-state index is 12.3. The van der Waals surface area contributed by atoms with Crippen molar-refractivity contribution in [2.75, 3.05) is 7.05 Å². The van der Waals surface area contributed by atoms with Crippen LogP contribution in [0.4, 0.5) is 0 Å². The maximum Gasteiger partial charge on any atom is 0.252 e. The fraction of sp³-hybridized carbons (Fsp3) is 0.389. The van der Waals surface area contributed by atoms with E-state index >= 15 is 0 Å². The lowest BCUT2D eigenvalue weighted by Crippen LogP contribution is -2.23. The summed E-state index contributed by atoms with van der Waals surface area (Å²) in [5, 5.41) is 5.02. The van der Waals surface area contributed by atoms with Crippen molar-refractivity contribution >= 4 is 10.9 Å². The SMILES string of the molecule is Cc1ccc2cc(CN(C)Cc3noc(C(C)C)n3)c(=O)[nH]c2c1. The van der Waals surface area contributed by atoms with Gasteiger partial charge in [-0.15, -0.1) is 0 Å². The van der Waals surface area contributed by atoms with E-state index in [1.165, 1.54) is 0 Å². The monoisotopic (exact) mass is 326 g/mol. The van der Waals surface area contributed by atoms with Gasteiger partial charge in [0.2, 0.25) is 5.89 Å². The van der Waals surface area contributed by atoms with E-state index in [9.17, 15) is 4.79 Å². The topological polar surface area (TPSA) is 75.0 Å². The Morgan fingerprint density at radius 1 is 1.25 bits per heavy atom. The average molecular weight is 326 g/mol. The number of H-pyrrole nitrogens is 1. The molecule has 6 heteroatoms. The Bertz CT molecular complexity index is 911. The summed E-state index contributed by atoms with van der Waals surface area (Å²) in [5.74, 6) is 1.48. The van der Waals surface area contributed by atoms with Crippen molar-refractivity contribution in [2.45, 2.75) is 39.8 Å². The van der Waals surface area contributed by atoms with Crippen LogP contribution in [0.1, 0.15) is 42.6 Å². The van der Waals surface area contributed by atoms with Gasteiger partial charge in [0, 0.05) is 23.5 Å². The zero-order valence-electron chi connectivity index (χ0n) is 14.5. The number of fused-ring (bicyclic) bond motifs is 1. The van der Waals surface area contributed by atoms with Crippen LogP contribution in [0.5, 0.6) is 0 Å². The first-order chi connectivity index (χ1) is 11.4. The molecule has 0 atom stereocenters. The van der Waals surface area contributed by atoms with E-state index in [4.69, 9.17) is 4.52 Å². The van der Waals surface area contributed by atoms with Gasteiger partial charge in [0.15, 0.2) is 5.82 Å². The minimum absolute atomic E-state index is 0.0593. The first kappa shape index (κ1) is 16.4. The van der Waals surface area contributed by atoms with Crippen LogP contribution in [0.3, 0.4) is 0 Å². The van der Waals surface area contributed by atoms with Crippen LogP contribution in [0.15, 0.2) is 33.6 Å². The van der Waals surface area contributed by atoms with Crippen molar-refractivity contribution < 1.29 is 4.52 Å². The van der Waals surface area contributed by atoms with Crippen LogP contribution in [0.25, 0.3) is 10.9 Å². The molecule has 24 heavy (non-hydrogen) atoms. The van der Waals surface area contributed by atoms with Crippen molar-refractivity contribution in [3.8, 4) is 0 Å². The summed E-state index contributed by atoms with van der Waals surface area (Å²) in [6, 6.07) is 8.00. The summed E-state index contributed by atoms with van der Waals surface area (Å²) < 4.78 is 5.21. The lowest BCUT2D eigenvalue weighted by molar-refractivity contribution is 0.298. The Morgan fingerprint density at radius 3 is 2.75 bits per heavy atom. The van der Waals surface area contributed by atoms with Crippen LogP contribution in [-0.4, -0.2) is 27.1 Å². The van der Waals surface area contributed by atoms with E-state index in [1.807, 2.05) is 57.0 Å². The van der Waals surface area contributed by atoms with Crippen LogP contribution in [0, 0.1) is 6.92 Å². The van der Waals surface area contributed by atoms with Gasteiger partial charge in [-0.1, -0.05) is 31.1 Å². The van der Waals surface area contributed by atoms with E-state index in [2.05, 4.69) is 15.1 Å². The fourth-order valence-corrected chi connectivity index (χ4v) is 2.63. The molecule has 0 amide bonds. The zero-order valence-corrected chi connectivity index (χ0v) is 14.5. The van der Waals surface area contributed by atoms with Crippen molar-refractivity contribution in [3.63, 3.8) is 0 Å². The van der Waals surface area contributed by atoms with Crippen LogP contribution in [0.2, 0.25) is 0 Å². The Kier molecular flexibility index (Phi) is 4.49. The highest BCUT2D eigenvalue weighted by atomic mass is 16.5. The highest BCUT2D eigenvalue weighted by molar-refractivity contribution is 5.79. The molecule has 6 nitrogen and oxygen atoms in total. The second-order valence-electron chi connectivity index (χ2n) is 6.59. The van der Waals surface area contributed by atoms with Gasteiger partial charge in [-0.05, 0) is 37.1 Å². The summed E-state index contributed by atoms with van der Waals surface area (Å²) in [5.41, 5.74) is 2.66. The van der Waals surface area contributed by atoms with E-state index in [1.54, 1.807) is 0 Å². The molecule has 0 unspecified atom stereocenters. The lowest BCUT2D eigenvalue weighted by atomic mass is 10.1. The molecule has 0 aliphatic carbocycles. The van der Waals surface area contributed by atoms with E-state index in [-0.39, 0.29) is 11.5 Å². The van der Waals surface area contributed by atoms with Crippen molar-refractivity contribution in [1.29, 1.82) is 0 Å². The fourth-order valence-electron chi connectivity index (χ4n) is 2.63. The number of rotatable bonds is 5. The minimum Gasteiger partial charge on any atom is -0.339 e. The van der Waals surface area contributed by atoms with Crippen LogP contribution < -0.4 is 5.56 Å².